The Morgan fingerprint density at radius 3 is 2.18 bits per heavy atom. The number of hydrogen-bond donors (Lipinski definition) is 0. The van der Waals surface area contributed by atoms with E-state index in [9.17, 15) is 18.0 Å². The third-order valence-electron chi connectivity index (χ3n) is 2.37. The van der Waals surface area contributed by atoms with E-state index in [4.69, 9.17) is 11.6 Å². The van der Waals surface area contributed by atoms with Gasteiger partial charge in [-0.25, -0.2) is 0 Å². The minimum absolute atomic E-state index is 0.210. The van der Waals surface area contributed by atoms with Crippen molar-refractivity contribution in [2.24, 2.45) is 0 Å². The quantitative estimate of drug-likeness (QED) is 0.699. The van der Waals surface area contributed by atoms with Gasteiger partial charge in [0.15, 0.2) is 0 Å². The van der Waals surface area contributed by atoms with Gasteiger partial charge >= 0.3 is 6.18 Å². The summed E-state index contributed by atoms with van der Waals surface area (Å²) in [4.78, 5) is 11.2. The predicted molar refractivity (Wildman–Crippen MR) is 59.3 cm³/mol. The fourth-order valence-electron chi connectivity index (χ4n) is 1.61. The van der Waals surface area contributed by atoms with Crippen molar-refractivity contribution in [1.82, 2.24) is 0 Å². The van der Waals surface area contributed by atoms with E-state index in [-0.39, 0.29) is 10.9 Å². The number of carbonyl (C=O) groups excluding carboxylic acids is 1. The molecule has 2 rings (SSSR count). The summed E-state index contributed by atoms with van der Waals surface area (Å²) in [7, 11) is 0. The van der Waals surface area contributed by atoms with E-state index in [1.165, 1.54) is 12.1 Å². The van der Waals surface area contributed by atoms with Gasteiger partial charge in [0.1, 0.15) is 0 Å². The second-order valence-corrected chi connectivity index (χ2v) is 3.87. The first kappa shape index (κ1) is 11.9. The van der Waals surface area contributed by atoms with Gasteiger partial charge < -0.3 is 0 Å². The SMILES string of the molecule is O=C(c1ccc(Cl)c2ccccc12)C(F)(F)F. The fraction of sp³-hybridized carbons (Fsp3) is 0.0833. The first-order valence-corrected chi connectivity index (χ1v) is 5.08. The van der Waals surface area contributed by atoms with E-state index in [1.54, 1.807) is 18.2 Å². The van der Waals surface area contributed by atoms with E-state index in [0.717, 1.165) is 6.07 Å². The smallest absolute Gasteiger partial charge is 0.284 e. The summed E-state index contributed by atoms with van der Waals surface area (Å²) in [5, 5.41) is 0.964. The normalized spacial score (nSPS) is 11.8. The molecule has 5 heteroatoms. The molecular formula is C12H6ClF3O. The molecule has 0 saturated carbocycles. The molecule has 0 amide bonds. The Hall–Kier alpha value is -1.55. The van der Waals surface area contributed by atoms with Crippen LogP contribution < -0.4 is 0 Å². The molecule has 2 aromatic rings. The predicted octanol–water partition coefficient (Wildman–Crippen LogP) is 4.24. The Morgan fingerprint density at radius 2 is 1.59 bits per heavy atom. The third kappa shape index (κ3) is 2.13. The topological polar surface area (TPSA) is 17.1 Å². The van der Waals surface area contributed by atoms with E-state index < -0.39 is 12.0 Å². The Morgan fingerprint density at radius 1 is 1.00 bits per heavy atom. The average Bonchev–Trinajstić information content (AvgIpc) is 2.28. The number of benzene rings is 2. The molecule has 0 heterocycles. The average molecular weight is 259 g/mol. The minimum Gasteiger partial charge on any atom is -0.284 e. The zero-order valence-electron chi connectivity index (χ0n) is 8.38. The van der Waals surface area contributed by atoms with Gasteiger partial charge in [-0.05, 0) is 17.5 Å². The maximum Gasteiger partial charge on any atom is 0.454 e. The first-order chi connectivity index (χ1) is 7.91. The maximum absolute atomic E-state index is 12.4. The van der Waals surface area contributed by atoms with Crippen molar-refractivity contribution in [3.05, 3.63) is 47.0 Å². The number of ketones is 1. The summed E-state index contributed by atoms with van der Waals surface area (Å²) in [5.41, 5.74) is -0.377. The summed E-state index contributed by atoms with van der Waals surface area (Å²) in [6.07, 6.45) is -4.88. The van der Waals surface area contributed by atoms with Crippen LogP contribution >= 0.6 is 11.6 Å². The van der Waals surface area contributed by atoms with Gasteiger partial charge in [-0.3, -0.25) is 4.79 Å². The van der Waals surface area contributed by atoms with Crippen molar-refractivity contribution in [2.75, 3.05) is 0 Å². The molecule has 0 aromatic heterocycles. The molecule has 0 radical (unpaired) electrons. The van der Waals surface area contributed by atoms with Crippen LogP contribution in [-0.2, 0) is 0 Å². The lowest BCUT2D eigenvalue weighted by atomic mass is 10.0. The van der Waals surface area contributed by atoms with Crippen molar-refractivity contribution in [2.45, 2.75) is 6.18 Å². The van der Waals surface area contributed by atoms with E-state index in [1.807, 2.05) is 0 Å². The minimum atomic E-state index is -4.88. The Bertz CT molecular complexity index is 590. The van der Waals surface area contributed by atoms with Gasteiger partial charge in [0.05, 0.1) is 0 Å². The number of rotatable bonds is 1. The molecule has 88 valence electrons. The summed E-state index contributed by atoms with van der Waals surface area (Å²) >= 11 is 5.86. The highest BCUT2D eigenvalue weighted by Gasteiger charge is 2.40. The number of halogens is 4. The monoisotopic (exact) mass is 258 g/mol. The van der Waals surface area contributed by atoms with E-state index in [2.05, 4.69) is 0 Å². The van der Waals surface area contributed by atoms with Crippen LogP contribution in [-0.4, -0.2) is 12.0 Å². The molecule has 0 saturated heterocycles. The Labute approximate surface area is 99.8 Å². The van der Waals surface area contributed by atoms with Crippen molar-refractivity contribution in [3.63, 3.8) is 0 Å². The fourth-order valence-corrected chi connectivity index (χ4v) is 1.84. The van der Waals surface area contributed by atoms with Crippen molar-refractivity contribution >= 4 is 28.2 Å². The van der Waals surface area contributed by atoms with Crippen LogP contribution in [0.2, 0.25) is 5.02 Å². The molecule has 0 bridgehead atoms. The standard InChI is InChI=1S/C12H6ClF3O/c13-10-6-5-9(11(17)12(14,15)16)7-3-1-2-4-8(7)10/h1-6H. The highest BCUT2D eigenvalue weighted by molar-refractivity contribution is 6.36. The van der Waals surface area contributed by atoms with Crippen LogP contribution in [0.1, 0.15) is 10.4 Å². The lowest BCUT2D eigenvalue weighted by Gasteiger charge is -2.09. The number of fused-ring (bicyclic) bond motifs is 1. The second-order valence-electron chi connectivity index (χ2n) is 3.47. The van der Waals surface area contributed by atoms with Gasteiger partial charge in [0, 0.05) is 16.0 Å². The lowest BCUT2D eigenvalue weighted by Crippen LogP contribution is -2.22. The molecule has 1 nitrogen and oxygen atoms in total. The number of alkyl halides is 3. The third-order valence-corrected chi connectivity index (χ3v) is 2.70. The van der Waals surface area contributed by atoms with E-state index in [0.29, 0.717) is 10.4 Å². The van der Waals surface area contributed by atoms with Crippen LogP contribution in [0, 0.1) is 0 Å². The van der Waals surface area contributed by atoms with Crippen LogP contribution in [0.25, 0.3) is 10.8 Å². The largest absolute Gasteiger partial charge is 0.454 e. The van der Waals surface area contributed by atoms with Gasteiger partial charge in [0.25, 0.3) is 5.78 Å². The molecular weight excluding hydrogens is 253 g/mol. The van der Waals surface area contributed by atoms with Crippen LogP contribution in [0.3, 0.4) is 0 Å². The molecule has 0 spiro atoms. The molecule has 0 unspecified atom stereocenters. The Kier molecular flexibility index (Phi) is 2.83. The van der Waals surface area contributed by atoms with Crippen molar-refractivity contribution in [3.8, 4) is 0 Å². The van der Waals surface area contributed by atoms with Crippen LogP contribution in [0.5, 0.6) is 0 Å². The lowest BCUT2D eigenvalue weighted by molar-refractivity contribution is -0.0884. The van der Waals surface area contributed by atoms with Gasteiger partial charge in [0.2, 0.25) is 0 Å². The van der Waals surface area contributed by atoms with Crippen LogP contribution in [0.4, 0.5) is 13.2 Å². The van der Waals surface area contributed by atoms with Gasteiger partial charge in [-0.15, -0.1) is 0 Å². The van der Waals surface area contributed by atoms with E-state index >= 15 is 0 Å². The first-order valence-electron chi connectivity index (χ1n) is 4.70. The molecule has 0 aliphatic carbocycles. The Balaban J connectivity index is 2.72. The van der Waals surface area contributed by atoms with Crippen molar-refractivity contribution in [1.29, 1.82) is 0 Å². The molecule has 0 atom stereocenters. The number of hydrogen-bond acceptors (Lipinski definition) is 1. The zero-order valence-corrected chi connectivity index (χ0v) is 9.14. The molecule has 0 N–H and O–H groups in total. The van der Waals surface area contributed by atoms with Gasteiger partial charge in [-0.2, -0.15) is 13.2 Å². The zero-order chi connectivity index (χ0) is 12.6. The highest BCUT2D eigenvalue weighted by Crippen LogP contribution is 2.30. The summed E-state index contributed by atoms with van der Waals surface area (Å²) in [6.45, 7) is 0. The highest BCUT2D eigenvalue weighted by atomic mass is 35.5. The summed E-state index contributed by atoms with van der Waals surface area (Å²) < 4.78 is 37.1. The van der Waals surface area contributed by atoms with Crippen LogP contribution in [0.15, 0.2) is 36.4 Å². The summed E-state index contributed by atoms with van der Waals surface area (Å²) in [6, 6.07) is 8.62. The molecule has 17 heavy (non-hydrogen) atoms. The number of Topliss-reactive ketones (excluding diaryl/α,β-unsaturated/α-hetero) is 1. The molecule has 0 aliphatic rings. The molecule has 2 aromatic carbocycles. The number of carbonyl (C=O) groups is 1. The second kappa shape index (κ2) is 4.04. The molecule has 0 fully saturated rings. The maximum atomic E-state index is 12.4. The van der Waals surface area contributed by atoms with Crippen molar-refractivity contribution < 1.29 is 18.0 Å². The van der Waals surface area contributed by atoms with Gasteiger partial charge in [-0.1, -0.05) is 35.9 Å². The molecule has 0 aliphatic heterocycles. The summed E-state index contributed by atoms with van der Waals surface area (Å²) in [5.74, 6) is -1.86.